The second kappa shape index (κ2) is 4.44. The molecule has 0 bridgehead atoms. The number of rotatable bonds is 3. The lowest BCUT2D eigenvalue weighted by molar-refractivity contribution is -0.137. The van der Waals surface area contributed by atoms with E-state index >= 15 is 0 Å². The number of carbonyl (C=O) groups is 1. The zero-order chi connectivity index (χ0) is 8.15. The average Bonchev–Trinajstić information content (AvgIpc) is 1.87. The van der Waals surface area contributed by atoms with Crippen LogP contribution in [0.5, 0.6) is 0 Å². The molecule has 0 heterocycles. The third kappa shape index (κ3) is 3.61. The van der Waals surface area contributed by atoms with Crippen molar-refractivity contribution in [2.75, 3.05) is 12.9 Å². The van der Waals surface area contributed by atoms with Gasteiger partial charge in [0.2, 0.25) is 0 Å². The van der Waals surface area contributed by atoms with Gasteiger partial charge in [-0.05, 0) is 0 Å². The maximum atomic E-state index is 10.9. The van der Waals surface area contributed by atoms with Gasteiger partial charge in [-0.3, -0.25) is 9.00 Å². The Morgan fingerprint density at radius 2 is 2.10 bits per heavy atom. The molecule has 0 radical (unpaired) electrons. The molecule has 0 aromatic heterocycles. The molecule has 0 amide bonds. The van der Waals surface area contributed by atoms with Gasteiger partial charge in [-0.25, -0.2) is 0 Å². The summed E-state index contributed by atoms with van der Waals surface area (Å²) in [6, 6.07) is 0. The number of esters is 1. The maximum absolute atomic E-state index is 10.9. The van der Waals surface area contributed by atoms with E-state index in [-0.39, 0.29) is 11.0 Å². The Morgan fingerprint density at radius 3 is 2.40 bits per heavy atom. The smallest absolute Gasteiger partial charge is 0.318 e. The lowest BCUT2D eigenvalue weighted by atomic mass is 10.6. The molecule has 0 aliphatic carbocycles. The number of hydrogen-bond donors (Lipinski definition) is 0. The van der Waals surface area contributed by atoms with E-state index in [0.29, 0.717) is 0 Å². The molecule has 0 aliphatic rings. The van der Waals surface area contributed by atoms with Crippen LogP contribution in [0.3, 0.4) is 0 Å². The van der Waals surface area contributed by atoms with Crippen LogP contribution in [0.25, 0.3) is 0 Å². The highest BCUT2D eigenvalue weighted by Gasteiger charge is 2.10. The monoisotopic (exact) mass is 164 g/mol. The van der Waals surface area contributed by atoms with Crippen LogP contribution in [0.1, 0.15) is 13.8 Å². The molecule has 0 aromatic rings. The third-order valence-corrected chi connectivity index (χ3v) is 2.59. The first-order valence-corrected chi connectivity index (χ1v) is 4.40. The van der Waals surface area contributed by atoms with E-state index in [1.54, 1.807) is 13.8 Å². The van der Waals surface area contributed by atoms with Crippen LogP contribution in [0.15, 0.2) is 0 Å². The van der Waals surface area contributed by atoms with Crippen molar-refractivity contribution >= 4 is 16.8 Å². The highest BCUT2D eigenvalue weighted by molar-refractivity contribution is 7.86. The van der Waals surface area contributed by atoms with Crippen molar-refractivity contribution < 1.29 is 13.7 Å². The Kier molecular flexibility index (Phi) is 4.27. The van der Waals surface area contributed by atoms with Crippen LogP contribution in [-0.2, 0) is 20.3 Å². The highest BCUT2D eigenvalue weighted by Crippen LogP contribution is 1.94. The summed E-state index contributed by atoms with van der Waals surface area (Å²) in [4.78, 5) is 10.5. The van der Waals surface area contributed by atoms with Crippen LogP contribution in [0, 0.1) is 0 Å². The van der Waals surface area contributed by atoms with E-state index in [1.807, 2.05) is 0 Å². The molecule has 0 saturated heterocycles. The zero-order valence-electron chi connectivity index (χ0n) is 6.42. The topological polar surface area (TPSA) is 43.4 Å². The van der Waals surface area contributed by atoms with Crippen molar-refractivity contribution in [2.45, 2.75) is 19.1 Å². The fraction of sp³-hybridized carbons (Fsp3) is 0.833. The summed E-state index contributed by atoms with van der Waals surface area (Å²) in [6.07, 6.45) is 0. The molecule has 0 spiro atoms. The molecule has 0 aromatic carbocycles. The van der Waals surface area contributed by atoms with Gasteiger partial charge < -0.3 is 4.74 Å². The molecule has 60 valence electrons. The summed E-state index contributed by atoms with van der Waals surface area (Å²) in [5, 5.41) is 0.0269. The van der Waals surface area contributed by atoms with Crippen LogP contribution in [-0.4, -0.2) is 28.3 Å². The lowest BCUT2D eigenvalue weighted by Gasteiger charge is -2.02. The van der Waals surface area contributed by atoms with Crippen molar-refractivity contribution in [3.05, 3.63) is 0 Å². The van der Waals surface area contributed by atoms with Crippen LogP contribution in [0.2, 0.25) is 0 Å². The highest BCUT2D eigenvalue weighted by atomic mass is 32.2. The Labute approximate surface area is 63.2 Å². The summed E-state index contributed by atoms with van der Waals surface area (Å²) in [7, 11) is 0.215. The molecule has 10 heavy (non-hydrogen) atoms. The van der Waals surface area contributed by atoms with Gasteiger partial charge in [-0.2, -0.15) is 0 Å². The van der Waals surface area contributed by atoms with E-state index in [0.717, 1.165) is 0 Å². The van der Waals surface area contributed by atoms with Crippen molar-refractivity contribution in [1.29, 1.82) is 0 Å². The molecule has 0 aliphatic heterocycles. The Morgan fingerprint density at radius 1 is 1.60 bits per heavy atom. The predicted molar refractivity (Wildman–Crippen MR) is 40.2 cm³/mol. The maximum Gasteiger partial charge on any atom is 0.318 e. The zero-order valence-corrected chi connectivity index (χ0v) is 7.23. The van der Waals surface area contributed by atoms with Crippen LogP contribution < -0.4 is 0 Å². The second-order valence-corrected chi connectivity index (χ2v) is 4.14. The molecule has 1 atom stereocenters. The van der Waals surface area contributed by atoms with Crippen LogP contribution in [0.4, 0.5) is 0 Å². The molecule has 3 nitrogen and oxygen atoms in total. The minimum Gasteiger partial charge on any atom is -0.468 e. The van der Waals surface area contributed by atoms with Crippen LogP contribution >= 0.6 is 0 Å². The van der Waals surface area contributed by atoms with E-state index in [2.05, 4.69) is 4.74 Å². The van der Waals surface area contributed by atoms with Crippen molar-refractivity contribution in [2.24, 2.45) is 0 Å². The van der Waals surface area contributed by atoms with E-state index in [9.17, 15) is 9.00 Å². The first kappa shape index (κ1) is 9.62. The fourth-order valence-corrected chi connectivity index (χ4v) is 1.03. The van der Waals surface area contributed by atoms with E-state index < -0.39 is 16.8 Å². The number of carbonyl (C=O) groups excluding carboxylic acids is 1. The standard InChI is InChI=1S/C6H12O3S/c1-5(2)10(8)4-6(7)9-3/h5H,4H2,1-3H3. The predicted octanol–water partition coefficient (Wildman–Crippen LogP) is 0.317. The largest absolute Gasteiger partial charge is 0.468 e. The SMILES string of the molecule is COC(=O)CS(=O)C(C)C. The summed E-state index contributed by atoms with van der Waals surface area (Å²) in [5.74, 6) is -0.402. The second-order valence-electron chi connectivity index (χ2n) is 2.15. The van der Waals surface area contributed by atoms with E-state index in [4.69, 9.17) is 0 Å². The summed E-state index contributed by atoms with van der Waals surface area (Å²) >= 11 is 0. The minimum atomic E-state index is -1.08. The van der Waals surface area contributed by atoms with Gasteiger partial charge in [-0.15, -0.1) is 0 Å². The average molecular weight is 164 g/mol. The van der Waals surface area contributed by atoms with Gasteiger partial charge in [0.15, 0.2) is 0 Å². The summed E-state index contributed by atoms with van der Waals surface area (Å²) in [5.41, 5.74) is 0. The van der Waals surface area contributed by atoms with Crippen molar-refractivity contribution in [3.63, 3.8) is 0 Å². The lowest BCUT2D eigenvalue weighted by Crippen LogP contribution is -2.18. The molecule has 0 fully saturated rings. The van der Waals surface area contributed by atoms with Crippen molar-refractivity contribution in [1.82, 2.24) is 0 Å². The summed E-state index contributed by atoms with van der Waals surface area (Å²) in [6.45, 7) is 3.61. The van der Waals surface area contributed by atoms with Gasteiger partial charge >= 0.3 is 5.97 Å². The summed E-state index contributed by atoms with van der Waals surface area (Å²) < 4.78 is 15.3. The molecule has 1 unspecified atom stereocenters. The third-order valence-electron chi connectivity index (χ3n) is 1.01. The van der Waals surface area contributed by atoms with Gasteiger partial charge in [0.1, 0.15) is 5.75 Å². The van der Waals surface area contributed by atoms with E-state index in [1.165, 1.54) is 7.11 Å². The van der Waals surface area contributed by atoms with Gasteiger partial charge in [-0.1, -0.05) is 13.8 Å². The fourth-order valence-electron chi connectivity index (χ4n) is 0.342. The minimum absolute atomic E-state index is 0.00810. The molecular formula is C6H12O3S. The normalized spacial score (nSPS) is 13.2. The first-order chi connectivity index (χ1) is 4.57. The molecular weight excluding hydrogens is 152 g/mol. The van der Waals surface area contributed by atoms with Gasteiger partial charge in [0, 0.05) is 16.0 Å². The molecule has 0 N–H and O–H groups in total. The van der Waals surface area contributed by atoms with Gasteiger partial charge in [0.05, 0.1) is 7.11 Å². The Balaban J connectivity index is 3.69. The number of hydrogen-bond acceptors (Lipinski definition) is 3. The number of ether oxygens (including phenoxy) is 1. The molecule has 0 saturated carbocycles. The van der Waals surface area contributed by atoms with Gasteiger partial charge in [0.25, 0.3) is 0 Å². The molecule has 4 heteroatoms. The Bertz CT molecular complexity index is 142. The number of methoxy groups -OCH3 is 1. The molecule has 0 rings (SSSR count). The van der Waals surface area contributed by atoms with Crippen molar-refractivity contribution in [3.8, 4) is 0 Å². The first-order valence-electron chi connectivity index (χ1n) is 3.02. The quantitative estimate of drug-likeness (QED) is 0.564. The Hall–Kier alpha value is -0.380.